The summed E-state index contributed by atoms with van der Waals surface area (Å²) in [5, 5.41) is 0. The number of hydrogen-bond donors (Lipinski definition) is 0. The maximum Gasteiger partial charge on any atom is 0.161 e. The Morgan fingerprint density at radius 2 is 2.00 bits per heavy atom. The van der Waals surface area contributed by atoms with Gasteiger partial charge in [0, 0.05) is 6.66 Å². The molecule has 0 aromatic carbocycles. The second-order valence-electron chi connectivity index (χ2n) is 0.440. The molecule has 0 spiro atoms. The molecule has 0 aromatic heterocycles. The Balaban J connectivity index is 3.51. The van der Waals surface area contributed by atoms with Crippen LogP contribution in [0.3, 0.4) is 0 Å². The van der Waals surface area contributed by atoms with Gasteiger partial charge in [-0.25, -0.2) is 0 Å². The molecule has 0 rings (SSSR count). The highest BCUT2D eigenvalue weighted by Gasteiger charge is 1.47. The van der Waals surface area contributed by atoms with Crippen LogP contribution in [0.2, 0.25) is 0 Å². The summed E-state index contributed by atoms with van der Waals surface area (Å²) in [4.78, 5) is 0. The van der Waals surface area contributed by atoms with Crippen molar-refractivity contribution in [1.29, 1.82) is 0 Å². The molecule has 0 amide bonds. The van der Waals surface area contributed by atoms with Gasteiger partial charge in [-0.2, -0.15) is 0 Å². The monoisotopic (exact) mass is 94.0 g/mol. The highest BCUT2D eigenvalue weighted by atomic mass is 32.4. The molecule has 0 aliphatic carbocycles. The van der Waals surface area contributed by atoms with Gasteiger partial charge in [-0.3, -0.25) is 4.57 Å². The van der Waals surface area contributed by atoms with E-state index < -0.39 is 6.58 Å². The minimum atomic E-state index is -1.29. The first kappa shape index (κ1) is 4.32. The SMILES string of the molecule is CP(=O)=S. The first-order valence-electron chi connectivity index (χ1n) is 0.812. The van der Waals surface area contributed by atoms with Gasteiger partial charge < -0.3 is 0 Å². The molecule has 0 N–H and O–H groups in total. The summed E-state index contributed by atoms with van der Waals surface area (Å²) in [5.74, 6) is 0. The highest BCUT2D eigenvalue weighted by Crippen LogP contribution is 1.87. The predicted octanol–water partition coefficient (Wildman–Crippen LogP) is 0.905. The minimum absolute atomic E-state index is 1.29. The molecule has 0 fully saturated rings. The van der Waals surface area contributed by atoms with Gasteiger partial charge in [0.1, 0.15) is 0 Å². The topological polar surface area (TPSA) is 17.1 Å². The molecule has 1 atom stereocenters. The summed E-state index contributed by atoms with van der Waals surface area (Å²) in [7, 11) is 0. The van der Waals surface area contributed by atoms with Crippen LogP contribution in [0.15, 0.2) is 0 Å². The quantitative estimate of drug-likeness (QED) is 0.415. The van der Waals surface area contributed by atoms with Crippen LogP contribution in [0.1, 0.15) is 0 Å². The first-order valence-corrected chi connectivity index (χ1v) is 3.53. The maximum atomic E-state index is 9.41. The van der Waals surface area contributed by atoms with Gasteiger partial charge in [0.25, 0.3) is 0 Å². The van der Waals surface area contributed by atoms with Crippen LogP contribution in [0, 0.1) is 0 Å². The summed E-state index contributed by atoms with van der Waals surface area (Å²) < 4.78 is 9.41. The van der Waals surface area contributed by atoms with Crippen LogP contribution in [0.5, 0.6) is 0 Å². The van der Waals surface area contributed by atoms with E-state index in [-0.39, 0.29) is 0 Å². The van der Waals surface area contributed by atoms with Gasteiger partial charge in [0.05, 0.1) is 0 Å². The fourth-order valence-electron chi connectivity index (χ4n) is 0. The van der Waals surface area contributed by atoms with Crippen LogP contribution in [-0.4, -0.2) is 6.66 Å². The average molecular weight is 94.1 g/mol. The van der Waals surface area contributed by atoms with E-state index in [1.54, 1.807) is 0 Å². The Labute approximate surface area is 30.5 Å². The van der Waals surface area contributed by atoms with E-state index in [0.717, 1.165) is 0 Å². The standard InChI is InChI=1S/CH3OPS/c1-3(2)4/h1H3. The van der Waals surface area contributed by atoms with Gasteiger partial charge >= 0.3 is 0 Å². The highest BCUT2D eigenvalue weighted by molar-refractivity contribution is 7.99. The maximum absolute atomic E-state index is 9.41. The molecule has 1 nitrogen and oxygen atoms in total. The number of hydrogen-bond acceptors (Lipinski definition) is 2. The summed E-state index contributed by atoms with van der Waals surface area (Å²) in [6, 6.07) is 0. The fraction of sp³-hybridized carbons (Fsp3) is 1.00. The lowest BCUT2D eigenvalue weighted by molar-refractivity contribution is 0.600. The third kappa shape index (κ3) is 39.5. The lowest BCUT2D eigenvalue weighted by atomic mass is 12.0. The van der Waals surface area contributed by atoms with E-state index >= 15 is 0 Å². The van der Waals surface area contributed by atoms with Gasteiger partial charge in [0.15, 0.2) is 6.58 Å². The van der Waals surface area contributed by atoms with Crippen LogP contribution < -0.4 is 0 Å². The Morgan fingerprint density at radius 1 is 2.00 bits per heavy atom. The largest absolute Gasteiger partial charge is 0.271 e. The van der Waals surface area contributed by atoms with E-state index in [9.17, 15) is 4.57 Å². The van der Waals surface area contributed by atoms with Crippen molar-refractivity contribution in [3.8, 4) is 0 Å². The zero-order valence-corrected chi connectivity index (χ0v) is 3.97. The molecule has 0 aliphatic heterocycles. The van der Waals surface area contributed by atoms with Crippen LogP contribution in [0.25, 0.3) is 0 Å². The van der Waals surface area contributed by atoms with E-state index in [2.05, 4.69) is 11.8 Å². The van der Waals surface area contributed by atoms with Gasteiger partial charge in [-0.15, -0.1) is 0 Å². The van der Waals surface area contributed by atoms with Crippen molar-refractivity contribution in [1.82, 2.24) is 0 Å². The Bertz CT molecular complexity index is 56.4. The third-order valence-electron chi connectivity index (χ3n) is 0. The van der Waals surface area contributed by atoms with Crippen molar-refractivity contribution in [2.45, 2.75) is 0 Å². The molecule has 3 heteroatoms. The molecule has 4 heavy (non-hydrogen) atoms. The van der Waals surface area contributed by atoms with E-state index in [1.165, 1.54) is 6.66 Å². The lowest BCUT2D eigenvalue weighted by Gasteiger charge is -1.37. The lowest BCUT2D eigenvalue weighted by Crippen LogP contribution is -1.14. The Kier molecular flexibility index (Phi) is 1.75. The fourth-order valence-corrected chi connectivity index (χ4v) is 0. The molecule has 1 unspecified atom stereocenters. The van der Waals surface area contributed by atoms with Gasteiger partial charge in [0.2, 0.25) is 0 Å². The van der Waals surface area contributed by atoms with Crippen LogP contribution >= 0.6 is 6.58 Å². The normalized spacial score (nSPS) is 10.8. The average Bonchev–Trinajstić information content (AvgIpc) is 0.811. The summed E-state index contributed by atoms with van der Waals surface area (Å²) in [6.45, 7) is 0.204. The smallest absolute Gasteiger partial charge is 0.161 e. The van der Waals surface area contributed by atoms with Crippen molar-refractivity contribution in [3.63, 3.8) is 0 Å². The Hall–Kier alpha value is 0.320. The van der Waals surface area contributed by atoms with Crippen molar-refractivity contribution < 1.29 is 4.57 Å². The molecule has 24 valence electrons. The molecular formula is CH3OPS. The second-order valence-corrected chi connectivity index (χ2v) is 2.86. The molecule has 0 bridgehead atoms. The van der Waals surface area contributed by atoms with E-state index in [0.29, 0.717) is 0 Å². The molecule has 0 saturated carbocycles. The predicted molar refractivity (Wildman–Crippen MR) is 20.9 cm³/mol. The molecule has 0 heterocycles. The van der Waals surface area contributed by atoms with Crippen molar-refractivity contribution in [2.24, 2.45) is 0 Å². The van der Waals surface area contributed by atoms with Crippen molar-refractivity contribution in [2.75, 3.05) is 6.66 Å². The molecular weight excluding hydrogens is 91.1 g/mol. The first-order chi connectivity index (χ1) is 1.73. The second kappa shape index (κ2) is 1.62. The Morgan fingerprint density at radius 3 is 2.00 bits per heavy atom. The van der Waals surface area contributed by atoms with Gasteiger partial charge in [-0.05, 0) is 11.8 Å². The van der Waals surface area contributed by atoms with Gasteiger partial charge in [-0.1, -0.05) is 0 Å². The number of rotatable bonds is 0. The summed E-state index contributed by atoms with van der Waals surface area (Å²) in [6.07, 6.45) is 0. The molecule has 0 aromatic rings. The molecule has 0 radical (unpaired) electrons. The molecule has 0 aliphatic rings. The summed E-state index contributed by atoms with van der Waals surface area (Å²) in [5.41, 5.74) is 0. The van der Waals surface area contributed by atoms with Crippen LogP contribution in [0.4, 0.5) is 0 Å². The molecule has 0 saturated heterocycles. The summed E-state index contributed by atoms with van der Waals surface area (Å²) >= 11 is 4.13. The van der Waals surface area contributed by atoms with E-state index in [1.807, 2.05) is 0 Å². The van der Waals surface area contributed by atoms with Crippen molar-refractivity contribution in [3.05, 3.63) is 0 Å². The zero-order chi connectivity index (χ0) is 3.58. The third-order valence-corrected chi connectivity index (χ3v) is 0. The van der Waals surface area contributed by atoms with Crippen LogP contribution in [-0.2, 0) is 16.4 Å². The van der Waals surface area contributed by atoms with E-state index in [4.69, 9.17) is 0 Å². The minimum Gasteiger partial charge on any atom is -0.271 e. The zero-order valence-electron chi connectivity index (χ0n) is 2.26. The van der Waals surface area contributed by atoms with Crippen molar-refractivity contribution >= 4 is 18.4 Å².